The lowest BCUT2D eigenvalue weighted by Crippen LogP contribution is -2.44. The molecule has 2 aromatic carbocycles. The first-order chi connectivity index (χ1) is 12.5. The fourth-order valence-corrected chi connectivity index (χ4v) is 2.89. The van der Waals surface area contributed by atoms with E-state index in [1.54, 1.807) is 0 Å². The quantitative estimate of drug-likeness (QED) is 0.878. The van der Waals surface area contributed by atoms with Crippen molar-refractivity contribution in [3.8, 4) is 5.75 Å². The molecule has 2 atom stereocenters. The van der Waals surface area contributed by atoms with Crippen LogP contribution in [0.2, 0.25) is 0 Å². The Kier molecular flexibility index (Phi) is 5.16. The molecule has 1 aliphatic heterocycles. The van der Waals surface area contributed by atoms with Crippen molar-refractivity contribution in [2.45, 2.75) is 12.5 Å². The van der Waals surface area contributed by atoms with Crippen molar-refractivity contribution in [3.63, 3.8) is 0 Å². The number of likely N-dealkylation sites (N-methyl/N-ethyl adjacent to an activating group) is 1. The van der Waals surface area contributed by atoms with E-state index in [2.05, 4.69) is 10.6 Å². The number of halogens is 2. The van der Waals surface area contributed by atoms with E-state index in [0.717, 1.165) is 23.4 Å². The van der Waals surface area contributed by atoms with Gasteiger partial charge in [0.25, 0.3) is 0 Å². The predicted molar refractivity (Wildman–Crippen MR) is 90.4 cm³/mol. The van der Waals surface area contributed by atoms with E-state index >= 15 is 0 Å². The number of hydrogen-bond donors (Lipinski definition) is 2. The van der Waals surface area contributed by atoms with Gasteiger partial charge in [-0.2, -0.15) is 0 Å². The molecule has 2 amide bonds. The number of ether oxygens (including phenoxy) is 1. The fourth-order valence-electron chi connectivity index (χ4n) is 2.89. The van der Waals surface area contributed by atoms with Crippen LogP contribution < -0.4 is 15.4 Å². The van der Waals surface area contributed by atoms with Crippen LogP contribution in [0.1, 0.15) is 17.2 Å². The molecule has 0 spiro atoms. The van der Waals surface area contributed by atoms with Gasteiger partial charge in [0.15, 0.2) is 11.6 Å². The highest BCUT2D eigenvalue weighted by Crippen LogP contribution is 2.27. The maximum absolute atomic E-state index is 13.5. The van der Waals surface area contributed by atoms with Gasteiger partial charge in [0.2, 0.25) is 11.8 Å². The van der Waals surface area contributed by atoms with Gasteiger partial charge in [-0.15, -0.1) is 0 Å². The lowest BCUT2D eigenvalue weighted by molar-refractivity contribution is -0.132. The molecule has 2 aromatic rings. The minimum Gasteiger partial charge on any atom is -0.492 e. The van der Waals surface area contributed by atoms with Gasteiger partial charge in [-0.3, -0.25) is 9.59 Å². The Morgan fingerprint density at radius 1 is 1.15 bits per heavy atom. The molecule has 136 valence electrons. The maximum Gasteiger partial charge on any atom is 0.246 e. The number of para-hydroxylation sites is 1. The summed E-state index contributed by atoms with van der Waals surface area (Å²) in [6.45, 7) is 0.182. The zero-order valence-corrected chi connectivity index (χ0v) is 14.1. The number of amides is 2. The summed E-state index contributed by atoms with van der Waals surface area (Å²) < 4.78 is 32.3. The number of carbonyl (C=O) groups excluding carboxylic acids is 2. The monoisotopic (exact) mass is 360 g/mol. The van der Waals surface area contributed by atoms with E-state index in [1.165, 1.54) is 13.1 Å². The fraction of sp³-hybridized carbons (Fsp3) is 0.263. The van der Waals surface area contributed by atoms with Crippen LogP contribution in [-0.2, 0) is 16.0 Å². The molecule has 0 aliphatic carbocycles. The minimum atomic E-state index is -1.13. The normalized spacial score (nSPS) is 16.8. The van der Waals surface area contributed by atoms with Crippen molar-refractivity contribution >= 4 is 11.8 Å². The standard InChI is InChI=1S/C19H18F2N2O3/c1-22-19(25)17(12-6-7-14(20)15(21)9-12)23-18(24)13-8-11-4-2-3-5-16(11)26-10-13/h2-7,9,13,17H,8,10H2,1H3,(H,22,25)(H,23,24). The SMILES string of the molecule is CNC(=O)C(NC(=O)C1COc2ccccc2C1)c1ccc(F)c(F)c1. The second-order valence-electron chi connectivity index (χ2n) is 6.05. The summed E-state index contributed by atoms with van der Waals surface area (Å²) >= 11 is 0. The molecule has 3 rings (SSSR count). The van der Waals surface area contributed by atoms with E-state index < -0.39 is 35.4 Å². The summed E-state index contributed by atoms with van der Waals surface area (Å²) in [6, 6.07) is 9.39. The van der Waals surface area contributed by atoms with Crippen LogP contribution in [0, 0.1) is 17.6 Å². The van der Waals surface area contributed by atoms with Crippen molar-refractivity contribution in [2.75, 3.05) is 13.7 Å². The first-order valence-corrected chi connectivity index (χ1v) is 8.17. The van der Waals surface area contributed by atoms with Crippen LogP contribution in [-0.4, -0.2) is 25.5 Å². The summed E-state index contributed by atoms with van der Waals surface area (Å²) in [5.74, 6) is -2.77. The number of carbonyl (C=O) groups is 2. The first-order valence-electron chi connectivity index (χ1n) is 8.17. The molecule has 1 aliphatic rings. The molecule has 0 saturated heterocycles. The van der Waals surface area contributed by atoms with E-state index in [4.69, 9.17) is 4.74 Å². The maximum atomic E-state index is 13.5. The number of benzene rings is 2. The van der Waals surface area contributed by atoms with Gasteiger partial charge in [-0.05, 0) is 35.7 Å². The van der Waals surface area contributed by atoms with Crippen molar-refractivity contribution in [2.24, 2.45) is 5.92 Å². The smallest absolute Gasteiger partial charge is 0.246 e. The summed E-state index contributed by atoms with van der Waals surface area (Å²) in [6.07, 6.45) is 0.472. The van der Waals surface area contributed by atoms with Crippen LogP contribution in [0.25, 0.3) is 0 Å². The van der Waals surface area contributed by atoms with Crippen molar-refractivity contribution in [1.82, 2.24) is 10.6 Å². The van der Waals surface area contributed by atoms with Gasteiger partial charge in [-0.25, -0.2) is 8.78 Å². The topological polar surface area (TPSA) is 67.4 Å². The average Bonchev–Trinajstić information content (AvgIpc) is 2.67. The first kappa shape index (κ1) is 17.8. The van der Waals surface area contributed by atoms with E-state index in [9.17, 15) is 18.4 Å². The molecule has 2 N–H and O–H groups in total. The molecule has 26 heavy (non-hydrogen) atoms. The van der Waals surface area contributed by atoms with Crippen molar-refractivity contribution < 1.29 is 23.1 Å². The minimum absolute atomic E-state index is 0.161. The zero-order valence-electron chi connectivity index (χ0n) is 14.1. The second kappa shape index (κ2) is 7.51. The average molecular weight is 360 g/mol. The second-order valence-corrected chi connectivity index (χ2v) is 6.05. The summed E-state index contributed by atoms with van der Waals surface area (Å²) in [7, 11) is 1.40. The van der Waals surface area contributed by atoms with Gasteiger partial charge in [-0.1, -0.05) is 24.3 Å². The van der Waals surface area contributed by atoms with Crippen LogP contribution in [0.4, 0.5) is 8.78 Å². The largest absolute Gasteiger partial charge is 0.492 e. The van der Waals surface area contributed by atoms with E-state index in [1.807, 2.05) is 24.3 Å². The molecule has 0 bridgehead atoms. The highest BCUT2D eigenvalue weighted by Gasteiger charge is 2.30. The molecule has 0 saturated carbocycles. The molecular weight excluding hydrogens is 342 g/mol. The van der Waals surface area contributed by atoms with Gasteiger partial charge < -0.3 is 15.4 Å². The molecule has 0 fully saturated rings. The van der Waals surface area contributed by atoms with E-state index in [0.29, 0.717) is 6.42 Å². The van der Waals surface area contributed by atoms with Crippen LogP contribution in [0.15, 0.2) is 42.5 Å². The summed E-state index contributed by atoms with van der Waals surface area (Å²) in [5, 5.41) is 5.03. The third kappa shape index (κ3) is 3.66. The lowest BCUT2D eigenvalue weighted by Gasteiger charge is -2.26. The number of fused-ring (bicyclic) bond motifs is 1. The number of hydrogen-bond acceptors (Lipinski definition) is 3. The Bertz CT molecular complexity index is 841. The molecular formula is C19H18F2N2O3. The summed E-state index contributed by atoms with van der Waals surface area (Å²) in [4.78, 5) is 24.8. The zero-order chi connectivity index (χ0) is 18.7. The van der Waals surface area contributed by atoms with Crippen molar-refractivity contribution in [3.05, 3.63) is 65.2 Å². The highest BCUT2D eigenvalue weighted by molar-refractivity contribution is 5.89. The van der Waals surface area contributed by atoms with Gasteiger partial charge in [0.1, 0.15) is 18.4 Å². The van der Waals surface area contributed by atoms with Gasteiger partial charge >= 0.3 is 0 Å². The lowest BCUT2D eigenvalue weighted by atomic mass is 9.95. The molecule has 1 heterocycles. The molecule has 2 unspecified atom stereocenters. The molecule has 0 aromatic heterocycles. The Morgan fingerprint density at radius 3 is 2.65 bits per heavy atom. The van der Waals surface area contributed by atoms with Gasteiger partial charge in [0, 0.05) is 7.05 Å². The molecule has 5 nitrogen and oxygen atoms in total. The third-order valence-corrected chi connectivity index (χ3v) is 4.32. The summed E-state index contributed by atoms with van der Waals surface area (Å²) in [5.41, 5.74) is 1.07. The highest BCUT2D eigenvalue weighted by atomic mass is 19.2. The Labute approximate surface area is 149 Å². The van der Waals surface area contributed by atoms with Crippen molar-refractivity contribution in [1.29, 1.82) is 0 Å². The Balaban J connectivity index is 1.78. The number of rotatable bonds is 4. The van der Waals surface area contributed by atoms with Crippen LogP contribution >= 0.6 is 0 Å². The van der Waals surface area contributed by atoms with Crippen LogP contribution in [0.3, 0.4) is 0 Å². The van der Waals surface area contributed by atoms with Crippen LogP contribution in [0.5, 0.6) is 5.75 Å². The molecule has 7 heteroatoms. The van der Waals surface area contributed by atoms with Gasteiger partial charge in [0.05, 0.1) is 5.92 Å². The Hall–Kier alpha value is -2.96. The predicted octanol–water partition coefficient (Wildman–Crippen LogP) is 2.12. The van der Waals surface area contributed by atoms with E-state index in [-0.39, 0.29) is 12.2 Å². The Morgan fingerprint density at radius 2 is 1.92 bits per heavy atom. The number of nitrogens with one attached hydrogen (secondary N) is 2. The third-order valence-electron chi connectivity index (χ3n) is 4.32. The molecule has 0 radical (unpaired) electrons.